The van der Waals surface area contributed by atoms with Crippen molar-refractivity contribution in [3.05, 3.63) is 108 Å². The van der Waals surface area contributed by atoms with E-state index in [2.05, 4.69) is 10.6 Å². The first-order chi connectivity index (χ1) is 20.5. The van der Waals surface area contributed by atoms with E-state index >= 15 is 0 Å². The van der Waals surface area contributed by atoms with Crippen LogP contribution >= 0.6 is 0 Å². The van der Waals surface area contributed by atoms with Crippen LogP contribution in [0, 0.1) is 0 Å². The molecule has 1 fully saturated rings. The van der Waals surface area contributed by atoms with Crippen molar-refractivity contribution in [2.45, 2.75) is 37.5 Å². The summed E-state index contributed by atoms with van der Waals surface area (Å²) in [6.45, 7) is 0.852. The Labute approximate surface area is 246 Å². The summed E-state index contributed by atoms with van der Waals surface area (Å²) in [5.41, 5.74) is 0.0461. The molecule has 0 bridgehead atoms. The molecule has 12 heteroatoms. The van der Waals surface area contributed by atoms with Crippen LogP contribution in [0.5, 0.6) is 0 Å². The van der Waals surface area contributed by atoms with Crippen LogP contribution in [0.25, 0.3) is 0 Å². The average molecular weight is 587 g/mol. The fraction of sp³-hybridized carbons (Fsp3) is 0.226. The second-order valence-electron chi connectivity index (χ2n) is 10.1. The molecule has 1 aliphatic rings. The van der Waals surface area contributed by atoms with E-state index in [1.807, 2.05) is 6.07 Å². The third-order valence-electron chi connectivity index (χ3n) is 7.18. The summed E-state index contributed by atoms with van der Waals surface area (Å²) in [5, 5.41) is 23.5. The molecule has 222 valence electrons. The Morgan fingerprint density at radius 2 is 1.37 bits per heavy atom. The van der Waals surface area contributed by atoms with Gasteiger partial charge in [0.2, 0.25) is 11.8 Å². The Hall–Kier alpha value is -5.52. The van der Waals surface area contributed by atoms with Gasteiger partial charge in [-0.3, -0.25) is 24.1 Å². The summed E-state index contributed by atoms with van der Waals surface area (Å²) in [5.74, 6) is -5.56. The average Bonchev–Trinajstić information content (AvgIpc) is 3.17. The third-order valence-corrected chi connectivity index (χ3v) is 7.18. The first-order valence-electron chi connectivity index (χ1n) is 13.3. The van der Waals surface area contributed by atoms with Gasteiger partial charge in [0.1, 0.15) is 18.1 Å². The molecule has 43 heavy (non-hydrogen) atoms. The number of hydrogen-bond donors (Lipinski definition) is 4. The summed E-state index contributed by atoms with van der Waals surface area (Å²) in [4.78, 5) is 79.0. The largest absolute Gasteiger partial charge is 0.481 e. The van der Waals surface area contributed by atoms with Crippen LogP contribution < -0.4 is 10.6 Å². The van der Waals surface area contributed by atoms with Crippen LogP contribution in [0.15, 0.2) is 91.0 Å². The molecule has 12 nitrogen and oxygen atoms in total. The SMILES string of the molecule is CC1(c2ccccc2)C(=O)N(CC(=O)N[C@@H](CC(=O)O)C(=O)N[C@H](C(=O)O)c2ccccc2)C(=O)N1Cc1ccccc1. The number of hydrogen-bond acceptors (Lipinski definition) is 6. The normalized spacial score (nSPS) is 17.7. The Bertz CT molecular complexity index is 1520. The summed E-state index contributed by atoms with van der Waals surface area (Å²) >= 11 is 0. The zero-order valence-corrected chi connectivity index (χ0v) is 23.2. The summed E-state index contributed by atoms with van der Waals surface area (Å²) in [7, 11) is 0. The van der Waals surface area contributed by atoms with E-state index in [1.165, 1.54) is 17.0 Å². The van der Waals surface area contributed by atoms with Gasteiger partial charge in [0.05, 0.1) is 6.42 Å². The van der Waals surface area contributed by atoms with Crippen molar-refractivity contribution >= 4 is 35.7 Å². The number of carbonyl (C=O) groups excluding carboxylic acids is 4. The molecule has 0 saturated carbocycles. The molecule has 1 saturated heterocycles. The highest BCUT2D eigenvalue weighted by Gasteiger charge is 2.55. The van der Waals surface area contributed by atoms with Gasteiger partial charge in [0, 0.05) is 6.54 Å². The van der Waals surface area contributed by atoms with Crippen LogP contribution in [-0.2, 0) is 36.1 Å². The molecule has 3 atom stereocenters. The lowest BCUT2D eigenvalue weighted by Gasteiger charge is -2.32. The summed E-state index contributed by atoms with van der Waals surface area (Å²) in [6, 6.07) is 21.4. The first kappa shape index (κ1) is 30.4. The van der Waals surface area contributed by atoms with Crippen LogP contribution in [0.3, 0.4) is 0 Å². The molecule has 3 aromatic rings. The van der Waals surface area contributed by atoms with Gasteiger partial charge in [-0.25, -0.2) is 9.59 Å². The number of urea groups is 1. The van der Waals surface area contributed by atoms with Crippen LogP contribution in [0.1, 0.15) is 36.1 Å². The van der Waals surface area contributed by atoms with E-state index in [-0.39, 0.29) is 12.1 Å². The molecule has 1 aliphatic heterocycles. The van der Waals surface area contributed by atoms with Crippen LogP contribution in [0.2, 0.25) is 0 Å². The Morgan fingerprint density at radius 1 is 0.814 bits per heavy atom. The Kier molecular flexibility index (Phi) is 9.19. The minimum atomic E-state index is -1.69. The molecule has 0 aliphatic carbocycles. The Morgan fingerprint density at radius 3 is 1.93 bits per heavy atom. The molecule has 0 spiro atoms. The standard InChI is InChI=1S/C31H30N4O8/c1-31(22-15-9-4-10-16-22)29(42)34(30(43)35(31)18-20-11-5-2-6-12-20)19-24(36)32-23(17-25(37)38)27(39)33-26(28(40)41)21-13-7-3-8-14-21/h2-16,23,26H,17-19H2,1H3,(H,32,36)(H,33,39)(H,37,38)(H,40,41)/t23-,26-,31?/m0/s1. The van der Waals surface area contributed by atoms with E-state index in [9.17, 15) is 39.0 Å². The lowest BCUT2D eigenvalue weighted by Crippen LogP contribution is -2.52. The highest BCUT2D eigenvalue weighted by Crippen LogP contribution is 2.38. The minimum absolute atomic E-state index is 0.0645. The first-order valence-corrected chi connectivity index (χ1v) is 13.3. The monoisotopic (exact) mass is 586 g/mol. The number of imide groups is 1. The minimum Gasteiger partial charge on any atom is -0.481 e. The fourth-order valence-electron chi connectivity index (χ4n) is 4.92. The van der Waals surface area contributed by atoms with Gasteiger partial charge < -0.3 is 25.7 Å². The Balaban J connectivity index is 1.55. The van der Waals surface area contributed by atoms with E-state index < -0.39 is 66.3 Å². The molecule has 3 aromatic carbocycles. The van der Waals surface area contributed by atoms with Gasteiger partial charge in [0.25, 0.3) is 5.91 Å². The number of rotatable bonds is 12. The molecule has 1 heterocycles. The maximum Gasteiger partial charge on any atom is 0.330 e. The second-order valence-corrected chi connectivity index (χ2v) is 10.1. The highest BCUT2D eigenvalue weighted by atomic mass is 16.4. The molecule has 0 radical (unpaired) electrons. The lowest BCUT2D eigenvalue weighted by atomic mass is 9.90. The molecular formula is C31H30N4O8. The fourth-order valence-corrected chi connectivity index (χ4v) is 4.92. The van der Waals surface area contributed by atoms with E-state index in [4.69, 9.17) is 0 Å². The number of carbonyl (C=O) groups is 6. The predicted octanol–water partition coefficient (Wildman–Crippen LogP) is 2.27. The summed E-state index contributed by atoms with van der Waals surface area (Å²) < 4.78 is 0. The molecule has 1 unspecified atom stereocenters. The molecule has 4 rings (SSSR count). The number of amides is 5. The molecular weight excluding hydrogens is 556 g/mol. The lowest BCUT2D eigenvalue weighted by molar-refractivity contribution is -0.144. The predicted molar refractivity (Wildman–Crippen MR) is 152 cm³/mol. The van der Waals surface area contributed by atoms with Crippen molar-refractivity contribution in [2.24, 2.45) is 0 Å². The van der Waals surface area contributed by atoms with Gasteiger partial charge in [-0.2, -0.15) is 0 Å². The zero-order chi connectivity index (χ0) is 31.1. The number of nitrogens with one attached hydrogen (secondary N) is 2. The van der Waals surface area contributed by atoms with Crippen molar-refractivity contribution in [2.75, 3.05) is 6.54 Å². The number of benzene rings is 3. The van der Waals surface area contributed by atoms with Crippen molar-refractivity contribution in [3.8, 4) is 0 Å². The maximum absolute atomic E-state index is 13.8. The number of aliphatic carboxylic acids is 2. The molecule has 0 aromatic heterocycles. The van der Waals surface area contributed by atoms with Gasteiger partial charge in [0.15, 0.2) is 6.04 Å². The van der Waals surface area contributed by atoms with Gasteiger partial charge in [-0.1, -0.05) is 91.0 Å². The molecule has 5 amide bonds. The van der Waals surface area contributed by atoms with Gasteiger partial charge >= 0.3 is 18.0 Å². The van der Waals surface area contributed by atoms with E-state index in [1.54, 1.807) is 79.7 Å². The smallest absolute Gasteiger partial charge is 0.330 e. The number of carboxylic acids is 2. The van der Waals surface area contributed by atoms with Crippen molar-refractivity contribution in [1.82, 2.24) is 20.4 Å². The van der Waals surface area contributed by atoms with E-state index in [0.29, 0.717) is 5.56 Å². The topological polar surface area (TPSA) is 173 Å². The van der Waals surface area contributed by atoms with Gasteiger partial charge in [-0.05, 0) is 23.6 Å². The van der Waals surface area contributed by atoms with Crippen molar-refractivity contribution in [1.29, 1.82) is 0 Å². The van der Waals surface area contributed by atoms with Crippen molar-refractivity contribution in [3.63, 3.8) is 0 Å². The molecule has 4 N–H and O–H groups in total. The van der Waals surface area contributed by atoms with Gasteiger partial charge in [-0.15, -0.1) is 0 Å². The zero-order valence-electron chi connectivity index (χ0n) is 23.2. The number of nitrogens with zero attached hydrogens (tertiary/aromatic N) is 2. The second kappa shape index (κ2) is 13.0. The third kappa shape index (κ3) is 6.70. The van der Waals surface area contributed by atoms with Crippen LogP contribution in [-0.4, -0.2) is 68.3 Å². The maximum atomic E-state index is 13.8. The van der Waals surface area contributed by atoms with Crippen molar-refractivity contribution < 1.29 is 39.0 Å². The number of carboxylic acid groups (broad SMARTS) is 2. The highest BCUT2D eigenvalue weighted by molar-refractivity contribution is 6.09. The van der Waals surface area contributed by atoms with E-state index in [0.717, 1.165) is 10.5 Å². The summed E-state index contributed by atoms with van der Waals surface area (Å²) in [6.07, 6.45) is -0.873. The van der Waals surface area contributed by atoms with Crippen LogP contribution in [0.4, 0.5) is 4.79 Å². The quantitative estimate of drug-likeness (QED) is 0.234.